The monoisotopic (exact) mass is 420 g/mol. The topological polar surface area (TPSA) is 79.7 Å². The lowest BCUT2D eigenvalue weighted by Gasteiger charge is -2.24. The van der Waals surface area contributed by atoms with Crippen molar-refractivity contribution in [1.82, 2.24) is 9.88 Å². The number of Topliss-reactive ketones (excluding diaryl/α,β-unsaturated/α-hetero) is 1. The summed E-state index contributed by atoms with van der Waals surface area (Å²) in [5.41, 5.74) is 2.04. The third-order valence-electron chi connectivity index (χ3n) is 5.11. The summed E-state index contributed by atoms with van der Waals surface area (Å²) in [7, 11) is 1.49. The van der Waals surface area contributed by atoms with Crippen molar-refractivity contribution in [2.75, 3.05) is 7.11 Å². The van der Waals surface area contributed by atoms with Crippen LogP contribution in [0.25, 0.3) is 5.76 Å². The number of ether oxygens (including phenoxy) is 1. The fourth-order valence-electron chi connectivity index (χ4n) is 3.63. The second-order valence-corrected chi connectivity index (χ2v) is 7.86. The van der Waals surface area contributed by atoms with Gasteiger partial charge in [-0.05, 0) is 48.2 Å². The van der Waals surface area contributed by atoms with Gasteiger partial charge in [0.2, 0.25) is 0 Å². The number of pyridine rings is 1. The second-order valence-electron chi connectivity index (χ2n) is 6.92. The number of carbonyl (C=O) groups is 2. The van der Waals surface area contributed by atoms with E-state index < -0.39 is 17.7 Å². The van der Waals surface area contributed by atoms with Crippen molar-refractivity contribution in [1.29, 1.82) is 0 Å². The van der Waals surface area contributed by atoms with Crippen LogP contribution in [0.1, 0.15) is 27.7 Å². The summed E-state index contributed by atoms with van der Waals surface area (Å²) in [6, 6.07) is 13.5. The summed E-state index contributed by atoms with van der Waals surface area (Å²) in [6.07, 6.45) is 1.64. The summed E-state index contributed by atoms with van der Waals surface area (Å²) in [5, 5.41) is 13.1. The molecule has 0 aliphatic carbocycles. The Morgan fingerprint density at radius 1 is 1.17 bits per heavy atom. The van der Waals surface area contributed by atoms with Gasteiger partial charge in [-0.3, -0.25) is 14.6 Å². The van der Waals surface area contributed by atoms with Gasteiger partial charge in [0.05, 0.1) is 30.5 Å². The van der Waals surface area contributed by atoms with E-state index in [0.717, 1.165) is 10.4 Å². The van der Waals surface area contributed by atoms with E-state index in [1.807, 2.05) is 24.4 Å². The summed E-state index contributed by atoms with van der Waals surface area (Å²) < 4.78 is 5.35. The number of aliphatic hydroxyl groups is 1. The Bertz CT molecular complexity index is 1140. The molecule has 30 heavy (non-hydrogen) atoms. The van der Waals surface area contributed by atoms with Crippen LogP contribution in [-0.2, 0) is 16.1 Å². The van der Waals surface area contributed by atoms with Crippen molar-refractivity contribution < 1.29 is 19.4 Å². The molecule has 1 saturated heterocycles. The molecule has 7 heteroatoms. The average molecular weight is 420 g/mol. The minimum atomic E-state index is -0.716. The van der Waals surface area contributed by atoms with E-state index in [9.17, 15) is 14.7 Å². The van der Waals surface area contributed by atoms with Crippen LogP contribution >= 0.6 is 11.3 Å². The molecule has 152 valence electrons. The third-order valence-corrected chi connectivity index (χ3v) is 6.18. The lowest BCUT2D eigenvalue weighted by molar-refractivity contribution is -0.140. The van der Waals surface area contributed by atoms with E-state index >= 15 is 0 Å². The van der Waals surface area contributed by atoms with Crippen LogP contribution in [0.2, 0.25) is 0 Å². The van der Waals surface area contributed by atoms with Crippen molar-refractivity contribution >= 4 is 28.8 Å². The zero-order valence-corrected chi connectivity index (χ0v) is 17.3. The predicted molar refractivity (Wildman–Crippen MR) is 114 cm³/mol. The highest BCUT2D eigenvalue weighted by molar-refractivity contribution is 7.10. The van der Waals surface area contributed by atoms with E-state index in [4.69, 9.17) is 4.74 Å². The first-order valence-corrected chi connectivity index (χ1v) is 10.3. The molecule has 4 rings (SSSR count). The van der Waals surface area contributed by atoms with Crippen LogP contribution in [0.3, 0.4) is 0 Å². The summed E-state index contributed by atoms with van der Waals surface area (Å²) >= 11 is 1.45. The molecule has 1 aliphatic rings. The molecule has 1 fully saturated rings. The zero-order chi connectivity index (χ0) is 21.3. The minimum absolute atomic E-state index is 0.0611. The van der Waals surface area contributed by atoms with Crippen LogP contribution in [-0.4, -0.2) is 33.8 Å². The fraction of sp³-hybridized carbons (Fsp3) is 0.174. The Balaban J connectivity index is 1.89. The van der Waals surface area contributed by atoms with Gasteiger partial charge >= 0.3 is 0 Å². The molecule has 2 aromatic heterocycles. The maximum atomic E-state index is 13.1. The van der Waals surface area contributed by atoms with Crippen molar-refractivity contribution in [2.45, 2.75) is 19.5 Å². The van der Waals surface area contributed by atoms with Gasteiger partial charge in [-0.1, -0.05) is 18.2 Å². The number of likely N-dealkylation sites (tertiary alicyclic amines) is 1. The molecule has 1 amide bonds. The number of aliphatic hydroxyl groups excluding tert-OH is 1. The fourth-order valence-corrected chi connectivity index (χ4v) is 4.68. The molecular formula is C23H20N2O4S. The number of aryl methyl sites for hydroxylation is 1. The first-order chi connectivity index (χ1) is 14.5. The quantitative estimate of drug-likeness (QED) is 0.382. The van der Waals surface area contributed by atoms with Gasteiger partial charge < -0.3 is 14.7 Å². The zero-order valence-electron chi connectivity index (χ0n) is 16.5. The number of ketones is 1. The van der Waals surface area contributed by atoms with E-state index in [2.05, 4.69) is 4.98 Å². The SMILES string of the molecule is COc1ccccc1/C(O)=C1\C(=O)C(=O)N(Cc2ccccn2)C1c1sccc1C. The molecule has 1 unspecified atom stereocenters. The van der Waals surface area contributed by atoms with Crippen molar-refractivity contribution in [2.24, 2.45) is 0 Å². The molecule has 0 bridgehead atoms. The largest absolute Gasteiger partial charge is 0.507 e. The standard InChI is InChI=1S/C23H20N2O4S/c1-14-10-12-30-22(14)19-18(20(26)16-8-3-4-9-17(16)29-2)21(27)23(28)25(19)13-15-7-5-6-11-24-15/h3-12,19,26H,13H2,1-2H3/b20-18+. The van der Waals surface area contributed by atoms with E-state index in [1.165, 1.54) is 23.3 Å². The van der Waals surface area contributed by atoms with Crippen LogP contribution in [0.5, 0.6) is 5.75 Å². The first-order valence-electron chi connectivity index (χ1n) is 9.38. The maximum Gasteiger partial charge on any atom is 0.296 e. The molecule has 1 aliphatic heterocycles. The number of rotatable bonds is 5. The highest BCUT2D eigenvalue weighted by Crippen LogP contribution is 2.44. The Hall–Kier alpha value is -3.45. The van der Waals surface area contributed by atoms with E-state index in [1.54, 1.807) is 42.6 Å². The predicted octanol–water partition coefficient (Wildman–Crippen LogP) is 4.08. The van der Waals surface area contributed by atoms with Gasteiger partial charge in [0.1, 0.15) is 17.6 Å². The summed E-state index contributed by atoms with van der Waals surface area (Å²) in [6.45, 7) is 2.09. The number of para-hydroxylation sites is 1. The third kappa shape index (κ3) is 3.37. The van der Waals surface area contributed by atoms with Gasteiger partial charge in [-0.25, -0.2) is 0 Å². The molecule has 1 N–H and O–H groups in total. The van der Waals surface area contributed by atoms with Gasteiger partial charge in [0.25, 0.3) is 11.7 Å². The summed E-state index contributed by atoms with van der Waals surface area (Å²) in [5.74, 6) is -1.19. The number of hydrogen-bond acceptors (Lipinski definition) is 6. The molecule has 1 aromatic carbocycles. The number of hydrogen-bond donors (Lipinski definition) is 1. The van der Waals surface area contributed by atoms with Crippen LogP contribution in [0.4, 0.5) is 0 Å². The number of thiophene rings is 1. The van der Waals surface area contributed by atoms with E-state index in [0.29, 0.717) is 17.0 Å². The second kappa shape index (κ2) is 8.12. The molecular weight excluding hydrogens is 400 g/mol. The Kier molecular flexibility index (Phi) is 5.37. The summed E-state index contributed by atoms with van der Waals surface area (Å²) in [4.78, 5) is 32.7. The number of amides is 1. The Morgan fingerprint density at radius 2 is 1.93 bits per heavy atom. The van der Waals surface area contributed by atoms with Crippen molar-refractivity contribution in [3.05, 3.63) is 87.4 Å². The van der Waals surface area contributed by atoms with Gasteiger partial charge in [-0.15, -0.1) is 11.3 Å². The highest BCUT2D eigenvalue weighted by atomic mass is 32.1. The average Bonchev–Trinajstić information content (AvgIpc) is 3.30. The molecule has 3 heterocycles. The van der Waals surface area contributed by atoms with Gasteiger partial charge in [-0.2, -0.15) is 0 Å². The molecule has 6 nitrogen and oxygen atoms in total. The minimum Gasteiger partial charge on any atom is -0.507 e. The van der Waals surface area contributed by atoms with Crippen LogP contribution in [0, 0.1) is 6.92 Å². The number of aromatic nitrogens is 1. The van der Waals surface area contributed by atoms with Crippen LogP contribution in [0.15, 0.2) is 65.7 Å². The number of nitrogens with zero attached hydrogens (tertiary/aromatic N) is 2. The highest BCUT2D eigenvalue weighted by Gasteiger charge is 2.47. The van der Waals surface area contributed by atoms with Gasteiger partial charge in [0.15, 0.2) is 0 Å². The van der Waals surface area contributed by atoms with E-state index in [-0.39, 0.29) is 17.9 Å². The van der Waals surface area contributed by atoms with Crippen molar-refractivity contribution in [3.63, 3.8) is 0 Å². The first kappa shape index (κ1) is 19.8. The molecule has 0 saturated carbocycles. The van der Waals surface area contributed by atoms with Crippen molar-refractivity contribution in [3.8, 4) is 5.75 Å². The lowest BCUT2D eigenvalue weighted by atomic mass is 9.98. The molecule has 3 aromatic rings. The number of methoxy groups -OCH3 is 1. The maximum absolute atomic E-state index is 13.1. The molecule has 0 spiro atoms. The normalized spacial score (nSPS) is 18.1. The number of carbonyl (C=O) groups excluding carboxylic acids is 2. The Morgan fingerprint density at radius 3 is 2.60 bits per heavy atom. The van der Waals surface area contributed by atoms with Crippen LogP contribution < -0.4 is 4.74 Å². The molecule has 0 radical (unpaired) electrons. The smallest absolute Gasteiger partial charge is 0.296 e. The Labute approximate surface area is 178 Å². The lowest BCUT2D eigenvalue weighted by Crippen LogP contribution is -2.29. The van der Waals surface area contributed by atoms with Gasteiger partial charge in [0, 0.05) is 11.1 Å². The number of benzene rings is 1. The molecule has 1 atom stereocenters.